The molecule has 1 aliphatic rings. The summed E-state index contributed by atoms with van der Waals surface area (Å²) in [5, 5.41) is 1.40. The van der Waals surface area contributed by atoms with Gasteiger partial charge in [0, 0.05) is 26.5 Å². The van der Waals surface area contributed by atoms with Crippen molar-refractivity contribution in [3.63, 3.8) is 0 Å². The lowest BCUT2D eigenvalue weighted by atomic mass is 10.0. The molecule has 0 radical (unpaired) electrons. The quantitative estimate of drug-likeness (QED) is 0.442. The number of amides is 1. The molecule has 1 heterocycles. The monoisotopic (exact) mass is 435 g/mol. The highest BCUT2D eigenvalue weighted by Crippen LogP contribution is 2.36. The van der Waals surface area contributed by atoms with Crippen molar-refractivity contribution in [2.24, 2.45) is 0 Å². The molecule has 2 aromatic carbocycles. The lowest BCUT2D eigenvalue weighted by Gasteiger charge is -2.18. The normalized spacial score (nSPS) is 15.5. The molecule has 0 aromatic heterocycles. The summed E-state index contributed by atoms with van der Waals surface area (Å²) in [5.41, 5.74) is 2.05. The third-order valence-corrected chi connectivity index (χ3v) is 5.04. The van der Waals surface area contributed by atoms with Gasteiger partial charge in [-0.1, -0.05) is 40.9 Å². The van der Waals surface area contributed by atoms with E-state index in [-0.39, 0.29) is 23.7 Å². The van der Waals surface area contributed by atoms with Crippen LogP contribution in [0.15, 0.2) is 59.3 Å². The van der Waals surface area contributed by atoms with Crippen LogP contribution in [-0.4, -0.2) is 18.5 Å². The third kappa shape index (κ3) is 3.95. The largest absolute Gasteiger partial charge is 0.462 e. The summed E-state index contributed by atoms with van der Waals surface area (Å²) < 4.78 is 5.17. The molecule has 7 heteroatoms. The Labute approximate surface area is 177 Å². The fourth-order valence-electron chi connectivity index (χ4n) is 2.96. The molecule has 28 heavy (non-hydrogen) atoms. The molecule has 4 nitrogen and oxygen atoms in total. The van der Waals surface area contributed by atoms with Crippen molar-refractivity contribution >= 4 is 58.4 Å². The second-order valence-electron chi connectivity index (χ2n) is 6.02. The Hall–Kier alpha value is -2.27. The standard InChI is InChI=1S/C21H16Cl3NO3/c1-3-28-21(27)19-12(2)25(16-8-6-14(22)7-9-16)20(26)17(19)10-13-4-5-15(23)11-18(13)24/h4-11H,3H2,1-2H3/b17-10-. The molecule has 144 valence electrons. The molecule has 0 saturated heterocycles. The van der Waals surface area contributed by atoms with Crippen molar-refractivity contribution in [1.29, 1.82) is 0 Å². The average Bonchev–Trinajstić information content (AvgIpc) is 2.89. The third-order valence-electron chi connectivity index (χ3n) is 4.23. The summed E-state index contributed by atoms with van der Waals surface area (Å²) >= 11 is 18.1. The topological polar surface area (TPSA) is 46.6 Å². The molecular formula is C21H16Cl3NO3. The van der Waals surface area contributed by atoms with Crippen LogP contribution in [0.1, 0.15) is 19.4 Å². The van der Waals surface area contributed by atoms with E-state index in [2.05, 4.69) is 0 Å². The van der Waals surface area contributed by atoms with Crippen LogP contribution in [-0.2, 0) is 14.3 Å². The van der Waals surface area contributed by atoms with Crippen LogP contribution in [0.2, 0.25) is 15.1 Å². The van der Waals surface area contributed by atoms with Gasteiger partial charge in [0.15, 0.2) is 0 Å². The van der Waals surface area contributed by atoms with Crippen LogP contribution in [0.3, 0.4) is 0 Å². The molecular weight excluding hydrogens is 421 g/mol. The van der Waals surface area contributed by atoms with E-state index in [4.69, 9.17) is 39.5 Å². The number of carbonyl (C=O) groups is 2. The molecule has 0 aliphatic carbocycles. The first-order valence-electron chi connectivity index (χ1n) is 8.48. The second kappa shape index (κ2) is 8.39. The number of benzene rings is 2. The van der Waals surface area contributed by atoms with Crippen molar-refractivity contribution in [3.05, 3.63) is 79.9 Å². The van der Waals surface area contributed by atoms with E-state index in [1.165, 1.54) is 4.90 Å². The van der Waals surface area contributed by atoms with Gasteiger partial charge in [-0.3, -0.25) is 9.69 Å². The minimum Gasteiger partial charge on any atom is -0.462 e. The fourth-order valence-corrected chi connectivity index (χ4v) is 3.55. The summed E-state index contributed by atoms with van der Waals surface area (Å²) in [6.07, 6.45) is 1.58. The van der Waals surface area contributed by atoms with E-state index in [1.54, 1.807) is 62.4 Å². The predicted molar refractivity (Wildman–Crippen MR) is 113 cm³/mol. The first kappa shape index (κ1) is 20.5. The van der Waals surface area contributed by atoms with E-state index in [9.17, 15) is 9.59 Å². The Morgan fingerprint density at radius 1 is 1.07 bits per heavy atom. The number of ether oxygens (including phenoxy) is 1. The summed E-state index contributed by atoms with van der Waals surface area (Å²) in [4.78, 5) is 27.3. The Kier molecular flexibility index (Phi) is 6.14. The van der Waals surface area contributed by atoms with Crippen molar-refractivity contribution in [2.75, 3.05) is 11.5 Å². The second-order valence-corrected chi connectivity index (χ2v) is 7.30. The molecule has 0 fully saturated rings. The van der Waals surface area contributed by atoms with Gasteiger partial charge in [-0.2, -0.15) is 0 Å². The Bertz CT molecular complexity index is 1010. The minimum atomic E-state index is -0.568. The fraction of sp³-hybridized carbons (Fsp3) is 0.143. The Balaban J connectivity index is 2.14. The molecule has 0 spiro atoms. The van der Waals surface area contributed by atoms with Crippen LogP contribution in [0.25, 0.3) is 6.08 Å². The van der Waals surface area contributed by atoms with Crippen molar-refractivity contribution in [1.82, 2.24) is 0 Å². The predicted octanol–water partition coefficient (Wildman–Crippen LogP) is 5.91. The van der Waals surface area contributed by atoms with Crippen LogP contribution in [0, 0.1) is 0 Å². The van der Waals surface area contributed by atoms with Crippen LogP contribution in [0.4, 0.5) is 5.69 Å². The summed E-state index contributed by atoms with van der Waals surface area (Å²) in [6, 6.07) is 11.7. The Morgan fingerprint density at radius 3 is 2.32 bits per heavy atom. The first-order valence-corrected chi connectivity index (χ1v) is 9.62. The smallest absolute Gasteiger partial charge is 0.340 e. The van der Waals surface area contributed by atoms with Crippen molar-refractivity contribution in [2.45, 2.75) is 13.8 Å². The van der Waals surface area contributed by atoms with Crippen LogP contribution in [0.5, 0.6) is 0 Å². The van der Waals surface area contributed by atoms with E-state index >= 15 is 0 Å². The number of nitrogens with zero attached hydrogens (tertiary/aromatic N) is 1. The maximum atomic E-state index is 13.2. The van der Waals surface area contributed by atoms with E-state index in [0.717, 1.165) is 0 Å². The minimum absolute atomic E-state index is 0.194. The number of anilines is 1. The highest BCUT2D eigenvalue weighted by atomic mass is 35.5. The number of rotatable bonds is 4. The first-order chi connectivity index (χ1) is 13.3. The summed E-state index contributed by atoms with van der Waals surface area (Å²) in [6.45, 7) is 3.60. The van der Waals surface area contributed by atoms with Gasteiger partial charge in [0.1, 0.15) is 0 Å². The van der Waals surface area contributed by atoms with E-state index in [0.29, 0.717) is 32.0 Å². The van der Waals surface area contributed by atoms with Crippen LogP contribution < -0.4 is 4.90 Å². The number of esters is 1. The molecule has 0 atom stereocenters. The van der Waals surface area contributed by atoms with E-state index < -0.39 is 5.97 Å². The van der Waals surface area contributed by atoms with Gasteiger partial charge in [0.25, 0.3) is 5.91 Å². The maximum absolute atomic E-state index is 13.2. The molecule has 0 saturated carbocycles. The summed E-state index contributed by atoms with van der Waals surface area (Å²) in [5.74, 6) is -0.921. The van der Waals surface area contributed by atoms with Crippen molar-refractivity contribution in [3.8, 4) is 0 Å². The van der Waals surface area contributed by atoms with Crippen LogP contribution >= 0.6 is 34.8 Å². The van der Waals surface area contributed by atoms with Gasteiger partial charge in [0.2, 0.25) is 0 Å². The van der Waals surface area contributed by atoms with E-state index in [1.807, 2.05) is 0 Å². The van der Waals surface area contributed by atoms with Gasteiger partial charge < -0.3 is 4.74 Å². The van der Waals surface area contributed by atoms with Gasteiger partial charge in [-0.25, -0.2) is 4.79 Å². The number of halogens is 3. The van der Waals surface area contributed by atoms with Gasteiger partial charge in [-0.05, 0) is 61.9 Å². The highest BCUT2D eigenvalue weighted by Gasteiger charge is 2.38. The van der Waals surface area contributed by atoms with Gasteiger partial charge in [0.05, 0.1) is 17.8 Å². The molecule has 0 N–H and O–H groups in total. The molecule has 2 aromatic rings. The molecule has 0 bridgehead atoms. The molecule has 3 rings (SSSR count). The summed E-state index contributed by atoms with van der Waals surface area (Å²) in [7, 11) is 0. The molecule has 0 unspecified atom stereocenters. The maximum Gasteiger partial charge on any atom is 0.340 e. The highest BCUT2D eigenvalue weighted by molar-refractivity contribution is 6.36. The average molecular weight is 437 g/mol. The zero-order valence-electron chi connectivity index (χ0n) is 15.1. The van der Waals surface area contributed by atoms with Gasteiger partial charge >= 0.3 is 5.97 Å². The molecule has 1 amide bonds. The lowest BCUT2D eigenvalue weighted by Crippen LogP contribution is -2.24. The number of carbonyl (C=O) groups excluding carboxylic acids is 2. The zero-order valence-corrected chi connectivity index (χ0v) is 17.4. The number of hydrogen-bond donors (Lipinski definition) is 0. The lowest BCUT2D eigenvalue weighted by molar-refractivity contribution is -0.138. The number of hydrogen-bond acceptors (Lipinski definition) is 3. The van der Waals surface area contributed by atoms with Crippen molar-refractivity contribution < 1.29 is 14.3 Å². The SMILES string of the molecule is CCOC(=O)C1=C(C)N(c2ccc(Cl)cc2)C(=O)/C1=C\c1ccc(Cl)cc1Cl. The zero-order chi connectivity index (χ0) is 20.4. The molecule has 1 aliphatic heterocycles. The number of allylic oxidation sites excluding steroid dienone is 1. The Morgan fingerprint density at radius 2 is 1.71 bits per heavy atom. The van der Waals surface area contributed by atoms with Gasteiger partial charge in [-0.15, -0.1) is 0 Å².